The predicted molar refractivity (Wildman–Crippen MR) is 69.1 cm³/mol. The van der Waals surface area contributed by atoms with Crippen molar-refractivity contribution in [2.45, 2.75) is 18.9 Å². The molecule has 0 aromatic carbocycles. The van der Waals surface area contributed by atoms with Crippen LogP contribution in [-0.2, 0) is 10.8 Å². The van der Waals surface area contributed by atoms with Crippen LogP contribution in [0.5, 0.6) is 0 Å². The molecule has 19 heavy (non-hydrogen) atoms. The summed E-state index contributed by atoms with van der Waals surface area (Å²) < 4.78 is 11.9. The van der Waals surface area contributed by atoms with Gasteiger partial charge in [-0.25, -0.2) is 4.98 Å². The van der Waals surface area contributed by atoms with Crippen LogP contribution in [-0.4, -0.2) is 39.5 Å². The number of hydrogen-bond donors (Lipinski definition) is 1. The van der Waals surface area contributed by atoms with Crippen molar-refractivity contribution in [3.63, 3.8) is 0 Å². The van der Waals surface area contributed by atoms with Gasteiger partial charge in [-0.05, 0) is 19.9 Å². The van der Waals surface area contributed by atoms with Crippen molar-refractivity contribution in [3.05, 3.63) is 28.4 Å². The first-order valence-corrected chi connectivity index (χ1v) is 7.22. The summed E-state index contributed by atoms with van der Waals surface area (Å²) in [5.41, 5.74) is -0.0786. The fourth-order valence-corrected chi connectivity index (χ4v) is 2.63. The molecule has 1 N–H and O–H groups in total. The number of nitrogens with one attached hydrogen (secondary N) is 1. The van der Waals surface area contributed by atoms with E-state index in [1.807, 2.05) is 0 Å². The van der Waals surface area contributed by atoms with Gasteiger partial charge in [0.1, 0.15) is 11.2 Å². The molecule has 1 unspecified atom stereocenters. The van der Waals surface area contributed by atoms with Crippen LogP contribution < -0.4 is 17.3 Å². The minimum Gasteiger partial charge on any atom is -1.00 e. The van der Waals surface area contributed by atoms with Crippen LogP contribution in [0.25, 0.3) is 0 Å². The van der Waals surface area contributed by atoms with Crippen molar-refractivity contribution in [2.24, 2.45) is 0 Å². The summed E-state index contributed by atoms with van der Waals surface area (Å²) in [5, 5.41) is 10.9. The lowest BCUT2D eigenvalue weighted by atomic mass is 10.4. The number of pyridine rings is 1. The molecular formula is C11H18ClN3O3S. The predicted octanol–water partition coefficient (Wildman–Crippen LogP) is -2.97. The molecule has 6 nitrogen and oxygen atoms in total. The zero-order valence-corrected chi connectivity index (χ0v) is 12.5. The lowest BCUT2D eigenvalue weighted by Crippen LogP contribution is -3.11. The Labute approximate surface area is 121 Å². The van der Waals surface area contributed by atoms with Crippen LogP contribution in [0.15, 0.2) is 23.4 Å². The Morgan fingerprint density at radius 1 is 1.37 bits per heavy atom. The molecule has 0 aliphatic rings. The van der Waals surface area contributed by atoms with E-state index in [-0.39, 0.29) is 18.1 Å². The van der Waals surface area contributed by atoms with Gasteiger partial charge < -0.3 is 17.3 Å². The third kappa shape index (κ3) is 5.63. The molecule has 0 aliphatic carbocycles. The van der Waals surface area contributed by atoms with E-state index in [1.165, 1.54) is 17.0 Å². The number of nitro groups is 1. The molecule has 1 atom stereocenters. The van der Waals surface area contributed by atoms with E-state index in [0.29, 0.717) is 10.8 Å². The second-order valence-corrected chi connectivity index (χ2v) is 5.39. The Balaban J connectivity index is 0.00000324. The molecule has 8 heteroatoms. The average Bonchev–Trinajstić information content (AvgIpc) is 2.39. The maximum Gasteiger partial charge on any atom is 0.287 e. The Morgan fingerprint density at radius 3 is 2.42 bits per heavy atom. The highest BCUT2D eigenvalue weighted by atomic mass is 35.5. The number of quaternary nitrogens is 1. The summed E-state index contributed by atoms with van der Waals surface area (Å²) in [7, 11) is -1.18. The average molecular weight is 308 g/mol. The van der Waals surface area contributed by atoms with Crippen molar-refractivity contribution < 1.29 is 26.4 Å². The number of nitrogens with zero attached hydrogens (tertiary/aromatic N) is 2. The molecule has 0 fully saturated rings. The summed E-state index contributed by atoms with van der Waals surface area (Å²) in [6.07, 6.45) is 1.15. The summed E-state index contributed by atoms with van der Waals surface area (Å²) in [6, 6.07) is 2.80. The molecule has 0 saturated carbocycles. The fourth-order valence-electron chi connectivity index (χ4n) is 1.56. The molecule has 0 aliphatic heterocycles. The largest absolute Gasteiger partial charge is 1.00 e. The standard InChI is InChI=1S/C11H17N3O3S.ClH/c1-3-13(4-2)7-8-18(17)11-6-5-10(9-12-11)14(15)16;/h5-6,9H,3-4,7-8H2,1-2H3;1H. The number of rotatable bonds is 7. The first kappa shape index (κ1) is 17.9. The van der Waals surface area contributed by atoms with Gasteiger partial charge in [0.25, 0.3) is 5.69 Å². The highest BCUT2D eigenvalue weighted by Crippen LogP contribution is 2.10. The molecular weight excluding hydrogens is 290 g/mol. The van der Waals surface area contributed by atoms with Crippen LogP contribution in [0.3, 0.4) is 0 Å². The van der Waals surface area contributed by atoms with Crippen LogP contribution in [0.4, 0.5) is 5.69 Å². The Bertz CT molecular complexity index is 424. The van der Waals surface area contributed by atoms with E-state index < -0.39 is 15.7 Å². The molecule has 1 aromatic heterocycles. The molecule has 0 radical (unpaired) electrons. The molecule has 0 amide bonds. The highest BCUT2D eigenvalue weighted by molar-refractivity contribution is 7.85. The second-order valence-electron chi connectivity index (χ2n) is 3.87. The van der Waals surface area contributed by atoms with Crippen LogP contribution in [0.2, 0.25) is 0 Å². The van der Waals surface area contributed by atoms with E-state index in [2.05, 4.69) is 18.8 Å². The second kappa shape index (κ2) is 8.95. The van der Waals surface area contributed by atoms with E-state index in [1.54, 1.807) is 0 Å². The van der Waals surface area contributed by atoms with Gasteiger partial charge in [0.15, 0.2) is 0 Å². The van der Waals surface area contributed by atoms with Gasteiger partial charge >= 0.3 is 0 Å². The lowest BCUT2D eigenvalue weighted by molar-refractivity contribution is -0.893. The molecule has 108 valence electrons. The minimum absolute atomic E-state index is 0. The summed E-state index contributed by atoms with van der Waals surface area (Å²) in [4.78, 5) is 15.2. The third-order valence-corrected chi connectivity index (χ3v) is 4.09. The van der Waals surface area contributed by atoms with Crippen molar-refractivity contribution in [1.82, 2.24) is 4.98 Å². The zero-order chi connectivity index (χ0) is 13.5. The first-order valence-electron chi connectivity index (χ1n) is 5.90. The van der Waals surface area contributed by atoms with Crippen molar-refractivity contribution in [2.75, 3.05) is 25.4 Å². The minimum atomic E-state index is -1.18. The Kier molecular flexibility index (Phi) is 8.46. The normalized spacial score (nSPS) is 11.9. The van der Waals surface area contributed by atoms with Crippen LogP contribution in [0, 0.1) is 10.1 Å². The van der Waals surface area contributed by atoms with E-state index in [0.717, 1.165) is 25.8 Å². The SMILES string of the molecule is CC[NH+](CC)CCS(=O)c1ccc([N+](=O)[O-])cn1.[Cl-]. The molecule has 1 rings (SSSR count). The Hall–Kier alpha value is -1.05. The van der Waals surface area contributed by atoms with Crippen molar-refractivity contribution in [1.29, 1.82) is 0 Å². The summed E-state index contributed by atoms with van der Waals surface area (Å²) in [6.45, 7) is 7.00. The lowest BCUT2D eigenvalue weighted by Gasteiger charge is -2.14. The van der Waals surface area contributed by atoms with Crippen molar-refractivity contribution >= 4 is 16.5 Å². The molecule has 0 saturated heterocycles. The quantitative estimate of drug-likeness (QED) is 0.431. The number of hydrogen-bond acceptors (Lipinski definition) is 4. The number of aromatic nitrogens is 1. The zero-order valence-electron chi connectivity index (χ0n) is 11.0. The molecule has 1 heterocycles. The maximum absolute atomic E-state index is 11.9. The molecule has 0 bridgehead atoms. The van der Waals surface area contributed by atoms with Gasteiger partial charge in [-0.15, -0.1) is 0 Å². The van der Waals surface area contributed by atoms with E-state index in [9.17, 15) is 14.3 Å². The van der Waals surface area contributed by atoms with Crippen molar-refractivity contribution in [3.8, 4) is 0 Å². The molecule has 1 aromatic rings. The fraction of sp³-hybridized carbons (Fsp3) is 0.545. The summed E-state index contributed by atoms with van der Waals surface area (Å²) in [5.74, 6) is 0.530. The smallest absolute Gasteiger partial charge is 0.287 e. The monoisotopic (exact) mass is 307 g/mol. The Morgan fingerprint density at radius 2 is 2.00 bits per heavy atom. The van der Waals surface area contributed by atoms with Gasteiger partial charge in [-0.1, -0.05) is 0 Å². The third-order valence-electron chi connectivity index (χ3n) is 2.81. The number of halogens is 1. The summed E-state index contributed by atoms with van der Waals surface area (Å²) >= 11 is 0. The maximum atomic E-state index is 11.9. The topological polar surface area (TPSA) is 77.5 Å². The van der Waals surface area contributed by atoms with E-state index in [4.69, 9.17) is 0 Å². The van der Waals surface area contributed by atoms with Crippen LogP contribution in [0.1, 0.15) is 13.8 Å². The molecule has 0 spiro atoms. The van der Waals surface area contributed by atoms with Gasteiger partial charge in [0.05, 0.1) is 41.1 Å². The highest BCUT2D eigenvalue weighted by Gasteiger charge is 2.12. The van der Waals surface area contributed by atoms with E-state index >= 15 is 0 Å². The first-order chi connectivity index (χ1) is 8.58. The van der Waals surface area contributed by atoms with Crippen LogP contribution >= 0.6 is 0 Å². The van der Waals surface area contributed by atoms with Gasteiger partial charge in [-0.2, -0.15) is 0 Å². The van der Waals surface area contributed by atoms with Gasteiger partial charge in [0, 0.05) is 6.07 Å². The van der Waals surface area contributed by atoms with Gasteiger partial charge in [0.2, 0.25) is 0 Å². The van der Waals surface area contributed by atoms with Gasteiger partial charge in [-0.3, -0.25) is 14.3 Å².